The molecule has 2 atom stereocenters. The molecule has 0 aromatic heterocycles. The molecule has 3 aromatic rings. The van der Waals surface area contributed by atoms with Crippen LogP contribution in [0.15, 0.2) is 93.5 Å². The molecule has 1 aliphatic rings. The lowest BCUT2D eigenvalue weighted by Crippen LogP contribution is -2.37. The highest BCUT2D eigenvalue weighted by molar-refractivity contribution is 7.99. The van der Waals surface area contributed by atoms with Crippen LogP contribution in [-0.2, 0) is 19.9 Å². The number of likely N-dealkylation sites (tertiary alicyclic amines) is 1. The van der Waals surface area contributed by atoms with Gasteiger partial charge in [0.1, 0.15) is 4.90 Å². The number of rotatable bonds is 14. The van der Waals surface area contributed by atoms with Crippen molar-refractivity contribution in [3.63, 3.8) is 0 Å². The first-order valence-corrected chi connectivity index (χ1v) is 18.1. The van der Waals surface area contributed by atoms with Gasteiger partial charge in [-0.25, -0.2) is 21.6 Å². The van der Waals surface area contributed by atoms with Crippen molar-refractivity contribution in [1.82, 2.24) is 9.62 Å². The molecule has 0 unspecified atom stereocenters. The Morgan fingerprint density at radius 1 is 1.00 bits per heavy atom. The Morgan fingerprint density at radius 2 is 1.67 bits per heavy atom. The van der Waals surface area contributed by atoms with Gasteiger partial charge in [0.25, 0.3) is 25.8 Å². The zero-order chi connectivity index (χ0) is 32.7. The number of sulfone groups is 1. The fourth-order valence-corrected chi connectivity index (χ4v) is 8.11. The summed E-state index contributed by atoms with van der Waals surface area (Å²) in [6.45, 7) is 1.47. The Kier molecular flexibility index (Phi) is 11.6. The van der Waals surface area contributed by atoms with Gasteiger partial charge in [-0.15, -0.1) is 11.8 Å². The molecule has 3 N–H and O–H groups in total. The summed E-state index contributed by atoms with van der Waals surface area (Å²) in [4.78, 5) is 13.5. The number of nitrogens with zero attached hydrogens (tertiary/aromatic N) is 1. The number of nitrogens with one attached hydrogen (secondary N) is 2. The minimum absolute atomic E-state index is 0.0128. The number of aliphatic hydroxyl groups is 1. The quantitative estimate of drug-likeness (QED) is 0.203. The summed E-state index contributed by atoms with van der Waals surface area (Å²) in [5, 5.41) is 12.3. The molecule has 45 heavy (non-hydrogen) atoms. The van der Waals surface area contributed by atoms with Crippen LogP contribution in [0.1, 0.15) is 36.0 Å². The summed E-state index contributed by atoms with van der Waals surface area (Å²) >= 11 is 1.45. The zero-order valence-electron chi connectivity index (χ0n) is 24.1. The Morgan fingerprint density at radius 3 is 2.31 bits per heavy atom. The summed E-state index contributed by atoms with van der Waals surface area (Å²) in [5.74, 6) is -0.661. The minimum atomic E-state index is -6.02. The van der Waals surface area contributed by atoms with E-state index in [0.29, 0.717) is 31.2 Å². The maximum atomic E-state index is 13.9. The Hall–Kier alpha value is -3.11. The monoisotopic (exact) mass is 685 g/mol. The highest BCUT2D eigenvalue weighted by atomic mass is 32.2. The minimum Gasteiger partial charge on any atom is -0.396 e. The second kappa shape index (κ2) is 15.0. The van der Waals surface area contributed by atoms with Gasteiger partial charge in [0, 0.05) is 41.4 Å². The summed E-state index contributed by atoms with van der Waals surface area (Å²) < 4.78 is 95.1. The van der Waals surface area contributed by atoms with E-state index in [1.54, 1.807) is 10.8 Å². The molecule has 1 amide bonds. The highest BCUT2D eigenvalue weighted by Crippen LogP contribution is 2.37. The van der Waals surface area contributed by atoms with Crippen LogP contribution in [0.25, 0.3) is 0 Å². The number of aliphatic hydroxyl groups excluding tert-OH is 1. The number of hydrogen-bond acceptors (Lipinski definition) is 9. The molecular formula is C30H34F3N3O6S3. The molecule has 0 bridgehead atoms. The van der Waals surface area contributed by atoms with E-state index in [4.69, 9.17) is 0 Å². The van der Waals surface area contributed by atoms with E-state index in [-0.39, 0.29) is 18.2 Å². The molecule has 3 aromatic carbocycles. The second-order valence-electron chi connectivity index (χ2n) is 10.5. The van der Waals surface area contributed by atoms with Gasteiger partial charge in [-0.2, -0.15) is 13.2 Å². The number of hydrogen-bond donors (Lipinski definition) is 3. The van der Waals surface area contributed by atoms with E-state index in [2.05, 4.69) is 10.2 Å². The maximum absolute atomic E-state index is 13.9. The lowest BCUT2D eigenvalue weighted by Gasteiger charge is -2.30. The molecule has 244 valence electrons. The van der Waals surface area contributed by atoms with E-state index >= 15 is 0 Å². The van der Waals surface area contributed by atoms with E-state index < -0.39 is 52.8 Å². The van der Waals surface area contributed by atoms with Gasteiger partial charge in [-0.1, -0.05) is 36.4 Å². The van der Waals surface area contributed by atoms with Crippen LogP contribution in [0.2, 0.25) is 0 Å². The smallest absolute Gasteiger partial charge is 0.396 e. The van der Waals surface area contributed by atoms with Crippen molar-refractivity contribution < 1.29 is 39.9 Å². The number of carbonyl (C=O) groups excluding carboxylic acids is 1. The topological polar surface area (TPSA) is 133 Å². The number of amides is 1. The van der Waals surface area contributed by atoms with Gasteiger partial charge < -0.3 is 15.3 Å². The molecule has 4 rings (SSSR count). The SMILES string of the molecule is O=C(NS(=O)(=O)c1ccc(N[C@@H](CSc2ccccc2)C[C@@H]2CCCN2CCCO)c(S(=O)(=O)C(F)(F)F)c1)c1ccccc1. The van der Waals surface area contributed by atoms with Crippen molar-refractivity contribution >= 4 is 43.2 Å². The van der Waals surface area contributed by atoms with Crippen LogP contribution in [0.5, 0.6) is 0 Å². The molecule has 0 saturated carbocycles. The summed E-state index contributed by atoms with van der Waals surface area (Å²) in [7, 11) is -10.8. The molecule has 0 radical (unpaired) electrons. The standard InChI is InChI=1S/C30H34F3N3O6S3/c31-30(32,33)44(39,40)28-20-26(45(41,42)35-29(38)22-9-3-1-4-10-22)14-15-27(28)34-23(21-43-25-12-5-2-6-13-25)19-24-11-7-16-36(24)17-8-18-37/h1-6,9-10,12-15,20,23-24,34,37H,7-8,11,16-19,21H2,(H,35,38)/t23-,24+/m1/s1. The Bertz CT molecular complexity index is 1660. The normalized spacial score (nSPS) is 16.8. The largest absolute Gasteiger partial charge is 0.501 e. The van der Waals surface area contributed by atoms with Gasteiger partial charge in [-0.3, -0.25) is 4.79 Å². The van der Waals surface area contributed by atoms with E-state index in [1.165, 1.54) is 36.0 Å². The van der Waals surface area contributed by atoms with Crippen LogP contribution in [0.4, 0.5) is 18.9 Å². The average Bonchev–Trinajstić information content (AvgIpc) is 3.45. The number of sulfonamides is 1. The molecule has 1 fully saturated rings. The van der Waals surface area contributed by atoms with E-state index in [1.807, 2.05) is 30.3 Å². The molecule has 0 aliphatic carbocycles. The van der Waals surface area contributed by atoms with Crippen LogP contribution >= 0.6 is 11.8 Å². The van der Waals surface area contributed by atoms with E-state index in [9.17, 15) is 39.9 Å². The van der Waals surface area contributed by atoms with Gasteiger partial charge >= 0.3 is 5.51 Å². The lowest BCUT2D eigenvalue weighted by molar-refractivity contribution is -0.0435. The molecule has 1 saturated heterocycles. The molecular weight excluding hydrogens is 652 g/mol. The number of alkyl halides is 3. The summed E-state index contributed by atoms with van der Waals surface area (Å²) in [6, 6.07) is 18.5. The van der Waals surface area contributed by atoms with Crippen molar-refractivity contribution in [2.24, 2.45) is 0 Å². The third kappa shape index (κ3) is 9.00. The van der Waals surface area contributed by atoms with Crippen molar-refractivity contribution in [3.8, 4) is 0 Å². The Labute approximate surface area is 265 Å². The number of halogens is 3. The predicted molar refractivity (Wildman–Crippen MR) is 166 cm³/mol. The molecule has 1 aliphatic heterocycles. The predicted octanol–water partition coefficient (Wildman–Crippen LogP) is 4.91. The van der Waals surface area contributed by atoms with Crippen molar-refractivity contribution in [2.75, 3.05) is 30.8 Å². The summed E-state index contributed by atoms with van der Waals surface area (Å²) in [6.07, 6.45) is 2.76. The molecule has 15 heteroatoms. The van der Waals surface area contributed by atoms with Gasteiger partial charge in [0.15, 0.2) is 0 Å². The van der Waals surface area contributed by atoms with E-state index in [0.717, 1.165) is 36.4 Å². The highest BCUT2D eigenvalue weighted by Gasteiger charge is 2.48. The van der Waals surface area contributed by atoms with Crippen LogP contribution in [-0.4, -0.2) is 75.8 Å². The van der Waals surface area contributed by atoms with Crippen LogP contribution < -0.4 is 10.0 Å². The average molecular weight is 686 g/mol. The number of anilines is 1. The third-order valence-corrected chi connectivity index (χ3v) is 11.4. The maximum Gasteiger partial charge on any atom is 0.501 e. The molecule has 9 nitrogen and oxygen atoms in total. The Balaban J connectivity index is 1.68. The second-order valence-corrected chi connectivity index (χ2v) is 15.2. The van der Waals surface area contributed by atoms with Crippen LogP contribution in [0.3, 0.4) is 0 Å². The fraction of sp³-hybridized carbons (Fsp3) is 0.367. The van der Waals surface area contributed by atoms with Crippen molar-refractivity contribution in [3.05, 3.63) is 84.4 Å². The molecule has 1 heterocycles. The number of carbonyl (C=O) groups is 1. The number of benzene rings is 3. The fourth-order valence-electron chi connectivity index (χ4n) is 5.13. The molecule has 0 spiro atoms. The third-order valence-electron chi connectivity index (χ3n) is 7.33. The van der Waals surface area contributed by atoms with Gasteiger partial charge in [0.2, 0.25) is 0 Å². The van der Waals surface area contributed by atoms with Crippen LogP contribution in [0, 0.1) is 0 Å². The zero-order valence-corrected chi connectivity index (χ0v) is 26.6. The lowest BCUT2D eigenvalue weighted by atomic mass is 10.1. The summed E-state index contributed by atoms with van der Waals surface area (Å²) in [5.41, 5.74) is -6.14. The first-order chi connectivity index (χ1) is 21.3. The van der Waals surface area contributed by atoms with Crippen molar-refractivity contribution in [2.45, 2.75) is 58.0 Å². The first kappa shape index (κ1) is 34.8. The van der Waals surface area contributed by atoms with Crippen molar-refractivity contribution in [1.29, 1.82) is 0 Å². The van der Waals surface area contributed by atoms with Gasteiger partial charge in [-0.05, 0) is 74.7 Å². The first-order valence-electron chi connectivity index (χ1n) is 14.2. The van der Waals surface area contributed by atoms with Gasteiger partial charge in [0.05, 0.1) is 10.6 Å². The number of thioether (sulfide) groups is 1.